The summed E-state index contributed by atoms with van der Waals surface area (Å²) in [5.74, 6) is 1.98. The molecule has 1 saturated heterocycles. The van der Waals surface area contributed by atoms with E-state index in [2.05, 4.69) is 20.5 Å². The van der Waals surface area contributed by atoms with E-state index in [4.69, 9.17) is 9.47 Å². The third-order valence-electron chi connectivity index (χ3n) is 4.33. The van der Waals surface area contributed by atoms with Gasteiger partial charge in [0.15, 0.2) is 15.8 Å². The summed E-state index contributed by atoms with van der Waals surface area (Å²) in [6, 6.07) is 7.76. The smallest absolute Gasteiger partial charge is 0.195 e. The second-order valence-corrected chi connectivity index (χ2v) is 8.91. The Labute approximate surface area is 168 Å². The van der Waals surface area contributed by atoms with Crippen LogP contribution in [-0.4, -0.2) is 83.8 Å². The van der Waals surface area contributed by atoms with Gasteiger partial charge in [-0.15, -0.1) is 0 Å². The summed E-state index contributed by atoms with van der Waals surface area (Å²) in [6.07, 6.45) is 0.843. The van der Waals surface area contributed by atoms with Crippen LogP contribution in [0.2, 0.25) is 0 Å². The van der Waals surface area contributed by atoms with Crippen LogP contribution in [-0.2, 0) is 14.6 Å². The van der Waals surface area contributed by atoms with E-state index in [0.29, 0.717) is 38.8 Å². The molecule has 0 aliphatic carbocycles. The Morgan fingerprint density at radius 2 is 2.04 bits per heavy atom. The first-order valence-electron chi connectivity index (χ1n) is 9.72. The van der Waals surface area contributed by atoms with E-state index < -0.39 is 9.84 Å². The number of hydrogen-bond donors (Lipinski definition) is 2. The number of nitrogens with one attached hydrogen (secondary N) is 2. The average molecular weight is 413 g/mol. The van der Waals surface area contributed by atoms with Gasteiger partial charge in [-0.05, 0) is 19.1 Å². The lowest BCUT2D eigenvalue weighted by Crippen LogP contribution is -2.41. The lowest BCUT2D eigenvalue weighted by molar-refractivity contribution is 0.172. The van der Waals surface area contributed by atoms with Crippen LogP contribution >= 0.6 is 0 Å². The summed E-state index contributed by atoms with van der Waals surface area (Å²) < 4.78 is 33.8. The number of hydrogen-bond acceptors (Lipinski definition) is 6. The Bertz CT molecular complexity index is 710. The normalized spacial score (nSPS) is 17.3. The molecule has 0 spiro atoms. The molecule has 2 N–H and O–H groups in total. The summed E-state index contributed by atoms with van der Waals surface area (Å²) in [5.41, 5.74) is 0.896. The maximum atomic E-state index is 11.5. The van der Waals surface area contributed by atoms with Crippen molar-refractivity contribution < 1.29 is 17.9 Å². The summed E-state index contributed by atoms with van der Waals surface area (Å²) in [7, 11) is -1.16. The van der Waals surface area contributed by atoms with Crippen LogP contribution in [0.1, 0.15) is 13.3 Å². The summed E-state index contributed by atoms with van der Waals surface area (Å²) in [4.78, 5) is 6.74. The molecule has 8 nitrogen and oxygen atoms in total. The highest BCUT2D eigenvalue weighted by atomic mass is 32.2. The molecular weight excluding hydrogens is 380 g/mol. The van der Waals surface area contributed by atoms with E-state index in [1.54, 1.807) is 7.11 Å². The zero-order chi connectivity index (χ0) is 20.2. The Hall–Kier alpha value is -1.84. The van der Waals surface area contributed by atoms with Crippen LogP contribution in [0.3, 0.4) is 0 Å². The fourth-order valence-electron chi connectivity index (χ4n) is 2.78. The van der Waals surface area contributed by atoms with Gasteiger partial charge in [-0.25, -0.2) is 8.42 Å². The lowest BCUT2D eigenvalue weighted by Gasteiger charge is -2.25. The second-order valence-electron chi connectivity index (χ2n) is 6.60. The predicted molar refractivity (Wildman–Crippen MR) is 113 cm³/mol. The minimum atomic E-state index is -2.84. The van der Waals surface area contributed by atoms with Crippen molar-refractivity contribution in [1.82, 2.24) is 10.2 Å². The number of anilines is 1. The molecular formula is C19H32N4O4S. The van der Waals surface area contributed by atoms with E-state index >= 15 is 0 Å². The fourth-order valence-corrected chi connectivity index (χ4v) is 4.05. The van der Waals surface area contributed by atoms with E-state index in [1.165, 1.54) is 0 Å². The maximum absolute atomic E-state index is 11.5. The van der Waals surface area contributed by atoms with Crippen molar-refractivity contribution in [3.05, 3.63) is 24.3 Å². The summed E-state index contributed by atoms with van der Waals surface area (Å²) >= 11 is 0. The molecule has 1 aromatic carbocycles. The molecule has 1 aliphatic heterocycles. The van der Waals surface area contributed by atoms with Crippen molar-refractivity contribution in [3.63, 3.8) is 0 Å². The van der Waals surface area contributed by atoms with E-state index in [9.17, 15) is 8.42 Å². The molecule has 0 bridgehead atoms. The van der Waals surface area contributed by atoms with Crippen molar-refractivity contribution in [1.29, 1.82) is 0 Å². The molecule has 2 rings (SSSR count). The maximum Gasteiger partial charge on any atom is 0.195 e. The molecule has 1 aliphatic rings. The van der Waals surface area contributed by atoms with Gasteiger partial charge in [0.05, 0.1) is 24.7 Å². The Balaban J connectivity index is 1.85. The minimum Gasteiger partial charge on any atom is -0.493 e. The van der Waals surface area contributed by atoms with Crippen LogP contribution in [0.15, 0.2) is 29.3 Å². The standard InChI is InChI=1S/C19H32N4O4S/c1-3-20-19(21-8-9-23-10-14-28(24,25)15-11-23)22-17-6-4-7-18(16-17)27-13-5-12-26-2/h4,6-7,16H,3,5,8-15H2,1-2H3,(H2,20,21,22). The predicted octanol–water partition coefficient (Wildman–Crippen LogP) is 1.21. The number of sulfone groups is 1. The lowest BCUT2D eigenvalue weighted by atomic mass is 10.3. The van der Waals surface area contributed by atoms with Gasteiger partial charge in [0, 0.05) is 58.1 Å². The third kappa shape index (κ3) is 8.45. The Morgan fingerprint density at radius 3 is 2.75 bits per heavy atom. The van der Waals surface area contributed by atoms with Crippen molar-refractivity contribution >= 4 is 21.5 Å². The molecule has 0 unspecified atom stereocenters. The number of aliphatic imine (C=N–C) groups is 1. The number of methoxy groups -OCH3 is 1. The average Bonchev–Trinajstić information content (AvgIpc) is 2.67. The number of guanidine groups is 1. The van der Waals surface area contributed by atoms with Crippen LogP contribution in [0, 0.1) is 0 Å². The van der Waals surface area contributed by atoms with Crippen molar-refractivity contribution in [2.24, 2.45) is 4.99 Å². The molecule has 1 aromatic rings. The highest BCUT2D eigenvalue weighted by molar-refractivity contribution is 7.91. The van der Waals surface area contributed by atoms with Crippen LogP contribution in [0.5, 0.6) is 5.75 Å². The molecule has 1 heterocycles. The molecule has 0 aromatic heterocycles. The number of ether oxygens (including phenoxy) is 2. The third-order valence-corrected chi connectivity index (χ3v) is 5.93. The molecule has 1 fully saturated rings. The Morgan fingerprint density at radius 1 is 1.25 bits per heavy atom. The fraction of sp³-hybridized carbons (Fsp3) is 0.632. The van der Waals surface area contributed by atoms with E-state index in [1.807, 2.05) is 31.2 Å². The largest absolute Gasteiger partial charge is 0.493 e. The van der Waals surface area contributed by atoms with Crippen molar-refractivity contribution in [3.8, 4) is 5.75 Å². The molecule has 0 atom stereocenters. The van der Waals surface area contributed by atoms with Crippen LogP contribution in [0.4, 0.5) is 5.69 Å². The van der Waals surface area contributed by atoms with Gasteiger partial charge in [-0.1, -0.05) is 6.07 Å². The number of rotatable bonds is 10. The zero-order valence-electron chi connectivity index (χ0n) is 16.8. The first kappa shape index (κ1) is 22.4. The highest BCUT2D eigenvalue weighted by Crippen LogP contribution is 2.17. The molecule has 158 valence electrons. The molecule has 9 heteroatoms. The number of benzene rings is 1. The van der Waals surface area contributed by atoms with Gasteiger partial charge in [-0.3, -0.25) is 9.89 Å². The van der Waals surface area contributed by atoms with E-state index in [-0.39, 0.29) is 11.5 Å². The quantitative estimate of drug-likeness (QED) is 0.339. The van der Waals surface area contributed by atoms with E-state index in [0.717, 1.165) is 30.9 Å². The van der Waals surface area contributed by atoms with Gasteiger partial charge in [-0.2, -0.15) is 0 Å². The van der Waals surface area contributed by atoms with Crippen molar-refractivity contribution in [2.75, 3.05) is 69.9 Å². The van der Waals surface area contributed by atoms with Gasteiger partial charge in [0.25, 0.3) is 0 Å². The van der Waals surface area contributed by atoms with Gasteiger partial charge < -0.3 is 20.1 Å². The first-order valence-corrected chi connectivity index (χ1v) is 11.5. The molecule has 0 saturated carbocycles. The van der Waals surface area contributed by atoms with Gasteiger partial charge in [0.1, 0.15) is 5.75 Å². The molecule has 28 heavy (non-hydrogen) atoms. The Kier molecular flexibility index (Phi) is 9.52. The SMILES string of the molecule is CCNC(=NCCN1CCS(=O)(=O)CC1)Nc1cccc(OCCCOC)c1. The molecule has 0 amide bonds. The first-order chi connectivity index (χ1) is 13.5. The van der Waals surface area contributed by atoms with Crippen LogP contribution in [0.25, 0.3) is 0 Å². The summed E-state index contributed by atoms with van der Waals surface area (Å²) in [5, 5.41) is 6.52. The topological polar surface area (TPSA) is 92.3 Å². The minimum absolute atomic E-state index is 0.242. The van der Waals surface area contributed by atoms with Gasteiger partial charge in [0.2, 0.25) is 0 Å². The highest BCUT2D eigenvalue weighted by Gasteiger charge is 2.20. The van der Waals surface area contributed by atoms with Gasteiger partial charge >= 0.3 is 0 Å². The molecule has 0 radical (unpaired) electrons. The number of nitrogens with zero attached hydrogens (tertiary/aromatic N) is 2. The van der Waals surface area contributed by atoms with Crippen LogP contribution < -0.4 is 15.4 Å². The van der Waals surface area contributed by atoms with Crippen molar-refractivity contribution in [2.45, 2.75) is 13.3 Å². The monoisotopic (exact) mass is 412 g/mol. The zero-order valence-corrected chi connectivity index (χ0v) is 17.6. The summed E-state index contributed by atoms with van der Waals surface area (Å²) in [6.45, 7) is 6.57. The second kappa shape index (κ2) is 11.9.